The quantitative estimate of drug-likeness (QED) is 0.155. The van der Waals surface area contributed by atoms with Gasteiger partial charge in [-0.3, -0.25) is 0 Å². The summed E-state index contributed by atoms with van der Waals surface area (Å²) in [6, 6.07) is 88.1. The van der Waals surface area contributed by atoms with E-state index in [1.165, 1.54) is 42.7 Å². The second-order valence-electron chi connectivity index (χ2n) is 21.8. The van der Waals surface area contributed by atoms with Crippen LogP contribution < -0.4 is 0 Å². The molecule has 94 heavy (non-hydrogen) atoms. The van der Waals surface area contributed by atoms with Crippen molar-refractivity contribution in [3.05, 3.63) is 309 Å². The van der Waals surface area contributed by atoms with Crippen LogP contribution >= 0.6 is 22.7 Å². The SMILES string of the molecule is Cc1nc(-c2ccccc2)c2ccc3ccccc3c2n1.Cc1nc(-c2ccccc2)c2ccccc2n1.Cc1nc2ccccc2nc1-c1ccccc1.c1ccc2c(c1)oc1ncncc12.c1ccc2c(c1)sc1ncccc12.c1ccc2c(c1)sc1ncncc12. The summed E-state index contributed by atoms with van der Waals surface area (Å²) in [5, 5.41) is 11.6. The number of rotatable bonds is 3. The summed E-state index contributed by atoms with van der Waals surface area (Å²) in [5.74, 6) is 1.61. The molecule has 0 fully saturated rings. The van der Waals surface area contributed by atoms with Crippen molar-refractivity contribution >= 4 is 129 Å². The molecule has 9 heterocycles. The van der Waals surface area contributed by atoms with E-state index in [1.807, 2.05) is 173 Å². The Bertz CT molecular complexity index is 5430. The highest BCUT2D eigenvalue weighted by molar-refractivity contribution is 7.25. The van der Waals surface area contributed by atoms with Crippen molar-refractivity contribution in [2.24, 2.45) is 0 Å². The summed E-state index contributed by atoms with van der Waals surface area (Å²) >= 11 is 3.46. The van der Waals surface area contributed by atoms with Crippen LogP contribution in [0.25, 0.3) is 140 Å². The fourth-order valence-electron chi connectivity index (χ4n) is 11.3. The van der Waals surface area contributed by atoms with Crippen molar-refractivity contribution < 1.29 is 4.42 Å². The summed E-state index contributed by atoms with van der Waals surface area (Å²) in [7, 11) is 0. The van der Waals surface area contributed by atoms with Crippen LogP contribution in [0.2, 0.25) is 0 Å². The first kappa shape index (κ1) is 59.6. The van der Waals surface area contributed by atoms with Crippen molar-refractivity contribution in [2.75, 3.05) is 0 Å². The van der Waals surface area contributed by atoms with Crippen LogP contribution in [0.5, 0.6) is 0 Å². The molecule has 0 bridgehead atoms. The smallest absolute Gasteiger partial charge is 0.230 e. The Morgan fingerprint density at radius 2 is 0.798 bits per heavy atom. The van der Waals surface area contributed by atoms with Gasteiger partial charge in [-0.1, -0.05) is 206 Å². The van der Waals surface area contributed by atoms with Gasteiger partial charge in [0.15, 0.2) is 0 Å². The Labute approximate surface area is 548 Å². The number of aryl methyl sites for hydroxylation is 3. The third-order valence-corrected chi connectivity index (χ3v) is 17.8. The molecule has 0 spiro atoms. The lowest BCUT2D eigenvalue weighted by molar-refractivity contribution is 0.653. The highest BCUT2D eigenvalue weighted by Crippen LogP contribution is 2.35. The van der Waals surface area contributed by atoms with E-state index >= 15 is 0 Å². The van der Waals surface area contributed by atoms with Crippen LogP contribution in [0.1, 0.15) is 17.3 Å². The van der Waals surface area contributed by atoms with E-state index in [1.54, 1.807) is 35.2 Å². The Balaban J connectivity index is 0.0000000983. The lowest BCUT2D eigenvalue weighted by Crippen LogP contribution is -1.94. The summed E-state index contributed by atoms with van der Waals surface area (Å²) in [5.41, 5.74) is 12.7. The van der Waals surface area contributed by atoms with Gasteiger partial charge in [0, 0.05) is 87.8 Å². The minimum atomic E-state index is 0.649. The van der Waals surface area contributed by atoms with E-state index in [4.69, 9.17) is 4.42 Å². The van der Waals surface area contributed by atoms with Crippen LogP contribution in [-0.2, 0) is 0 Å². The van der Waals surface area contributed by atoms with Gasteiger partial charge >= 0.3 is 0 Å². The van der Waals surface area contributed by atoms with Gasteiger partial charge in [0.1, 0.15) is 39.5 Å². The highest BCUT2D eigenvalue weighted by Gasteiger charge is 2.13. The predicted molar refractivity (Wildman–Crippen MR) is 388 cm³/mol. The number of nitrogens with zero attached hydrogens (tertiary/aromatic N) is 11. The molecule has 10 aromatic carbocycles. The van der Waals surface area contributed by atoms with Crippen LogP contribution in [0, 0.1) is 20.8 Å². The zero-order valence-electron chi connectivity index (χ0n) is 51.4. The number of aromatic nitrogens is 11. The second kappa shape index (κ2) is 27.6. The van der Waals surface area contributed by atoms with E-state index in [-0.39, 0.29) is 0 Å². The molecule has 0 aliphatic rings. The second-order valence-corrected chi connectivity index (χ2v) is 23.9. The normalized spacial score (nSPS) is 10.9. The molecule has 0 saturated heterocycles. The van der Waals surface area contributed by atoms with Crippen molar-refractivity contribution in [3.8, 4) is 33.8 Å². The van der Waals surface area contributed by atoms with Gasteiger partial charge < -0.3 is 4.42 Å². The maximum atomic E-state index is 5.50. The van der Waals surface area contributed by atoms with Gasteiger partial charge in [0.2, 0.25) is 5.71 Å². The van der Waals surface area contributed by atoms with E-state index < -0.39 is 0 Å². The molecular formula is C80H57N11OS2. The molecule has 450 valence electrons. The van der Waals surface area contributed by atoms with Gasteiger partial charge in [-0.05, 0) is 80.8 Å². The Kier molecular flexibility index (Phi) is 17.5. The third-order valence-electron chi connectivity index (χ3n) is 15.6. The molecule has 19 rings (SSSR count). The summed E-state index contributed by atoms with van der Waals surface area (Å²) < 4.78 is 8.09. The maximum absolute atomic E-state index is 5.50. The number of thiophene rings is 2. The summed E-state index contributed by atoms with van der Waals surface area (Å²) in [6.07, 6.45) is 8.58. The fourth-order valence-corrected chi connectivity index (χ4v) is 13.3. The lowest BCUT2D eigenvalue weighted by Gasteiger charge is -2.09. The van der Waals surface area contributed by atoms with Crippen LogP contribution in [0.4, 0.5) is 0 Å². The molecule has 0 atom stereocenters. The number of fused-ring (bicyclic) bond motifs is 14. The van der Waals surface area contributed by atoms with Crippen molar-refractivity contribution in [2.45, 2.75) is 20.8 Å². The minimum absolute atomic E-state index is 0.649. The van der Waals surface area contributed by atoms with Gasteiger partial charge in [-0.15, -0.1) is 22.7 Å². The molecule has 14 heteroatoms. The zero-order chi connectivity index (χ0) is 63.6. The van der Waals surface area contributed by atoms with Gasteiger partial charge in [-0.2, -0.15) is 0 Å². The molecule has 19 aromatic rings. The van der Waals surface area contributed by atoms with Crippen LogP contribution in [0.3, 0.4) is 0 Å². The first-order valence-corrected chi connectivity index (χ1v) is 32.2. The van der Waals surface area contributed by atoms with Crippen molar-refractivity contribution in [3.63, 3.8) is 0 Å². The van der Waals surface area contributed by atoms with Crippen molar-refractivity contribution in [1.29, 1.82) is 0 Å². The minimum Gasteiger partial charge on any atom is -0.438 e. The number of furan rings is 1. The first-order valence-electron chi connectivity index (χ1n) is 30.5. The van der Waals surface area contributed by atoms with Gasteiger partial charge in [0.05, 0.1) is 50.2 Å². The molecule has 12 nitrogen and oxygen atoms in total. The molecular weight excluding hydrogens is 1200 g/mol. The van der Waals surface area contributed by atoms with Gasteiger partial charge in [-0.25, -0.2) is 54.8 Å². The first-order chi connectivity index (χ1) is 46.4. The molecule has 0 unspecified atom stereocenters. The molecule has 9 aromatic heterocycles. The third kappa shape index (κ3) is 13.0. The van der Waals surface area contributed by atoms with E-state index in [2.05, 4.69) is 176 Å². The average Bonchev–Trinajstić information content (AvgIpc) is 1.27. The summed E-state index contributed by atoms with van der Waals surface area (Å²) in [4.78, 5) is 50.4. The highest BCUT2D eigenvalue weighted by atomic mass is 32.1. The zero-order valence-corrected chi connectivity index (χ0v) is 53.0. The average molecular weight is 1250 g/mol. The summed E-state index contributed by atoms with van der Waals surface area (Å²) in [6.45, 7) is 5.88. The standard InChI is InChI=1S/C19H14N2.2C15H12N2.C11H7NS.C10H6N2O.C10H6N2S/c1-13-20-18(15-8-3-2-4-9-15)17-12-11-14-7-5-6-10-16(14)19(17)21-13;1-11-16-14-10-6-5-9-13(14)15(17-11)12-7-3-2-4-8-12;1-11-15(12-7-3-2-4-8-12)17-14-10-6-5-9-13(14)16-11;1-2-6-10-8(4-1)9-5-3-7-12-11(9)13-10;2*1-2-4-9-7(3-1)8-5-11-6-12-10(8)13-9/h2-12H,1H3;2*2-10H,1H3;1-7H;2*1-6H. The number of hydrogen-bond donors (Lipinski definition) is 0. The Morgan fingerprint density at radius 3 is 1.48 bits per heavy atom. The molecule has 0 N–H and O–H groups in total. The lowest BCUT2D eigenvalue weighted by atomic mass is 10.0. The van der Waals surface area contributed by atoms with E-state index in [0.29, 0.717) is 5.71 Å². The topological polar surface area (TPSA) is 155 Å². The molecule has 0 aliphatic heterocycles. The predicted octanol–water partition coefficient (Wildman–Crippen LogP) is 20.6. The van der Waals surface area contributed by atoms with E-state index in [0.717, 1.165) is 115 Å². The molecule has 0 saturated carbocycles. The Morgan fingerprint density at radius 1 is 0.309 bits per heavy atom. The molecule has 0 radical (unpaired) electrons. The monoisotopic (exact) mass is 1250 g/mol. The largest absolute Gasteiger partial charge is 0.438 e. The van der Waals surface area contributed by atoms with E-state index in [9.17, 15) is 0 Å². The van der Waals surface area contributed by atoms with Crippen molar-refractivity contribution in [1.82, 2.24) is 54.8 Å². The number of para-hydroxylation sites is 4. The fraction of sp³-hybridized carbons (Fsp3) is 0.0375. The maximum Gasteiger partial charge on any atom is 0.230 e. The Hall–Kier alpha value is -12.0. The van der Waals surface area contributed by atoms with Crippen LogP contribution in [-0.4, -0.2) is 54.8 Å². The van der Waals surface area contributed by atoms with Gasteiger partial charge in [0.25, 0.3) is 0 Å². The number of benzene rings is 10. The number of pyridine rings is 1. The van der Waals surface area contributed by atoms with Crippen LogP contribution in [0.15, 0.2) is 297 Å². The number of hydrogen-bond acceptors (Lipinski definition) is 14. The molecule has 0 amide bonds. The molecule has 0 aliphatic carbocycles.